The number of hydrogen-bond donors (Lipinski definition) is 1. The third kappa shape index (κ3) is 3.52. The highest BCUT2D eigenvalue weighted by molar-refractivity contribution is 5.53. The molecule has 1 aromatic carbocycles. The number of pyridine rings is 1. The smallest absolute Gasteiger partial charge is 0.122 e. The van der Waals surface area contributed by atoms with Gasteiger partial charge < -0.3 is 15.0 Å². The predicted molar refractivity (Wildman–Crippen MR) is 84.8 cm³/mol. The molecule has 3 rings (SSSR count). The van der Waals surface area contributed by atoms with Crippen molar-refractivity contribution in [2.45, 2.75) is 13.5 Å². The molecule has 0 aliphatic carbocycles. The Hall–Kier alpha value is -2.07. The summed E-state index contributed by atoms with van der Waals surface area (Å²) in [6.07, 6.45) is 3.61. The third-order valence-corrected chi connectivity index (χ3v) is 3.76. The average molecular weight is 283 g/mol. The maximum atomic E-state index is 5.89. The maximum absolute atomic E-state index is 5.89. The molecule has 4 nitrogen and oxygen atoms in total. The van der Waals surface area contributed by atoms with E-state index in [2.05, 4.69) is 40.3 Å². The molecule has 4 heteroatoms. The Balaban J connectivity index is 1.66. The van der Waals surface area contributed by atoms with E-state index in [1.807, 2.05) is 18.3 Å². The molecule has 1 aliphatic rings. The summed E-state index contributed by atoms with van der Waals surface area (Å²) >= 11 is 0. The molecule has 1 aliphatic heterocycles. The van der Waals surface area contributed by atoms with Crippen LogP contribution in [0, 0.1) is 6.92 Å². The summed E-state index contributed by atoms with van der Waals surface area (Å²) in [5.41, 5.74) is 3.54. The monoisotopic (exact) mass is 283 g/mol. The Morgan fingerprint density at radius 2 is 2.10 bits per heavy atom. The highest BCUT2D eigenvalue weighted by Crippen LogP contribution is 2.25. The van der Waals surface area contributed by atoms with Gasteiger partial charge in [-0.25, -0.2) is 0 Å². The van der Waals surface area contributed by atoms with Crippen molar-refractivity contribution in [2.75, 3.05) is 31.1 Å². The fourth-order valence-corrected chi connectivity index (χ4v) is 2.56. The molecule has 2 heterocycles. The highest BCUT2D eigenvalue weighted by Gasteiger charge is 2.11. The van der Waals surface area contributed by atoms with Crippen molar-refractivity contribution >= 4 is 5.69 Å². The second kappa shape index (κ2) is 6.59. The van der Waals surface area contributed by atoms with Gasteiger partial charge in [-0.3, -0.25) is 4.98 Å². The van der Waals surface area contributed by atoms with Crippen LogP contribution < -0.4 is 15.0 Å². The fraction of sp³-hybridized carbons (Fsp3) is 0.353. The van der Waals surface area contributed by atoms with Gasteiger partial charge in [0.2, 0.25) is 0 Å². The quantitative estimate of drug-likeness (QED) is 0.935. The summed E-state index contributed by atoms with van der Waals surface area (Å²) < 4.78 is 5.89. The van der Waals surface area contributed by atoms with Crippen molar-refractivity contribution < 1.29 is 4.74 Å². The van der Waals surface area contributed by atoms with Crippen molar-refractivity contribution in [1.82, 2.24) is 10.3 Å². The number of anilines is 1. The van der Waals surface area contributed by atoms with Gasteiger partial charge in [-0.2, -0.15) is 0 Å². The van der Waals surface area contributed by atoms with Crippen LogP contribution in [0.4, 0.5) is 5.69 Å². The lowest BCUT2D eigenvalue weighted by molar-refractivity contribution is 0.303. The predicted octanol–water partition coefficient (Wildman–Crippen LogP) is 2.38. The van der Waals surface area contributed by atoms with Gasteiger partial charge in [-0.1, -0.05) is 6.07 Å². The first kappa shape index (κ1) is 13.9. The molecular formula is C17H21N3O. The summed E-state index contributed by atoms with van der Waals surface area (Å²) in [5, 5.41) is 3.38. The minimum absolute atomic E-state index is 0.557. The van der Waals surface area contributed by atoms with Crippen LogP contribution in [0.25, 0.3) is 0 Å². The van der Waals surface area contributed by atoms with Gasteiger partial charge in [-0.15, -0.1) is 0 Å². The summed E-state index contributed by atoms with van der Waals surface area (Å²) in [5.74, 6) is 0.942. The standard InChI is InChI=1S/C17H21N3O/c1-14-11-16(20-9-7-18-8-10-20)4-5-17(14)21-13-15-3-2-6-19-12-15/h2-6,11-12,18H,7-10,13H2,1H3. The van der Waals surface area contributed by atoms with Crippen molar-refractivity contribution in [2.24, 2.45) is 0 Å². The topological polar surface area (TPSA) is 37.4 Å². The van der Waals surface area contributed by atoms with E-state index < -0.39 is 0 Å². The van der Waals surface area contributed by atoms with Crippen LogP contribution in [0.3, 0.4) is 0 Å². The molecule has 0 radical (unpaired) electrons. The average Bonchev–Trinajstić information content (AvgIpc) is 2.55. The lowest BCUT2D eigenvalue weighted by atomic mass is 10.1. The number of nitrogens with zero attached hydrogens (tertiary/aromatic N) is 2. The lowest BCUT2D eigenvalue weighted by Crippen LogP contribution is -2.43. The van der Waals surface area contributed by atoms with E-state index in [0.29, 0.717) is 6.61 Å². The van der Waals surface area contributed by atoms with E-state index in [9.17, 15) is 0 Å². The zero-order valence-corrected chi connectivity index (χ0v) is 12.4. The first-order chi connectivity index (χ1) is 10.3. The van der Waals surface area contributed by atoms with Gasteiger partial charge in [0, 0.05) is 49.8 Å². The minimum Gasteiger partial charge on any atom is -0.489 e. The molecule has 0 bridgehead atoms. The van der Waals surface area contributed by atoms with Crippen LogP contribution in [0.2, 0.25) is 0 Å². The summed E-state index contributed by atoms with van der Waals surface area (Å²) in [4.78, 5) is 6.51. The van der Waals surface area contributed by atoms with Crippen LogP contribution in [-0.4, -0.2) is 31.2 Å². The molecule has 0 unspecified atom stereocenters. The molecule has 0 amide bonds. The Labute approximate surface area is 125 Å². The Bertz CT molecular complexity index is 580. The number of aromatic nitrogens is 1. The summed E-state index contributed by atoms with van der Waals surface area (Å²) in [7, 11) is 0. The van der Waals surface area contributed by atoms with Gasteiger partial charge in [0.1, 0.15) is 12.4 Å². The molecule has 2 aromatic rings. The maximum Gasteiger partial charge on any atom is 0.122 e. The molecule has 1 saturated heterocycles. The zero-order chi connectivity index (χ0) is 14.5. The largest absolute Gasteiger partial charge is 0.489 e. The van der Waals surface area contributed by atoms with Crippen LogP contribution in [0.15, 0.2) is 42.7 Å². The minimum atomic E-state index is 0.557. The Morgan fingerprint density at radius 1 is 1.24 bits per heavy atom. The third-order valence-electron chi connectivity index (χ3n) is 3.76. The van der Waals surface area contributed by atoms with E-state index in [-0.39, 0.29) is 0 Å². The first-order valence-electron chi connectivity index (χ1n) is 7.41. The van der Waals surface area contributed by atoms with Crippen molar-refractivity contribution in [1.29, 1.82) is 0 Å². The number of nitrogens with one attached hydrogen (secondary N) is 1. The number of ether oxygens (including phenoxy) is 1. The highest BCUT2D eigenvalue weighted by atomic mass is 16.5. The van der Waals surface area contributed by atoms with Gasteiger partial charge in [0.25, 0.3) is 0 Å². The van der Waals surface area contributed by atoms with Crippen LogP contribution >= 0.6 is 0 Å². The van der Waals surface area contributed by atoms with E-state index >= 15 is 0 Å². The van der Waals surface area contributed by atoms with Crippen molar-refractivity contribution in [3.63, 3.8) is 0 Å². The SMILES string of the molecule is Cc1cc(N2CCNCC2)ccc1OCc1cccnc1. The van der Waals surface area contributed by atoms with E-state index in [0.717, 1.165) is 37.5 Å². The van der Waals surface area contributed by atoms with Gasteiger partial charge in [0.15, 0.2) is 0 Å². The molecule has 0 spiro atoms. The van der Waals surface area contributed by atoms with Crippen LogP contribution in [0.1, 0.15) is 11.1 Å². The molecule has 0 atom stereocenters. The van der Waals surface area contributed by atoms with Gasteiger partial charge in [0.05, 0.1) is 0 Å². The number of benzene rings is 1. The molecule has 1 fully saturated rings. The second-order valence-electron chi connectivity index (χ2n) is 5.34. The van der Waals surface area contributed by atoms with E-state index in [1.54, 1.807) is 6.20 Å². The molecule has 0 saturated carbocycles. The molecule has 1 N–H and O–H groups in total. The Kier molecular flexibility index (Phi) is 4.36. The number of piperazine rings is 1. The van der Waals surface area contributed by atoms with E-state index in [1.165, 1.54) is 11.3 Å². The van der Waals surface area contributed by atoms with Crippen LogP contribution in [0.5, 0.6) is 5.75 Å². The lowest BCUT2D eigenvalue weighted by Gasteiger charge is -2.29. The summed E-state index contributed by atoms with van der Waals surface area (Å²) in [6.45, 7) is 6.90. The number of rotatable bonds is 4. The number of hydrogen-bond acceptors (Lipinski definition) is 4. The molecule has 1 aromatic heterocycles. The molecule has 110 valence electrons. The van der Waals surface area contributed by atoms with Crippen LogP contribution in [-0.2, 0) is 6.61 Å². The normalized spacial score (nSPS) is 15.0. The van der Waals surface area contributed by atoms with Gasteiger partial charge >= 0.3 is 0 Å². The molecular weight excluding hydrogens is 262 g/mol. The van der Waals surface area contributed by atoms with Gasteiger partial charge in [-0.05, 0) is 36.8 Å². The number of aryl methyl sites for hydroxylation is 1. The zero-order valence-electron chi connectivity index (χ0n) is 12.4. The first-order valence-corrected chi connectivity index (χ1v) is 7.41. The van der Waals surface area contributed by atoms with Crippen molar-refractivity contribution in [3.8, 4) is 5.75 Å². The van der Waals surface area contributed by atoms with Crippen molar-refractivity contribution in [3.05, 3.63) is 53.9 Å². The van der Waals surface area contributed by atoms with E-state index in [4.69, 9.17) is 4.74 Å². The Morgan fingerprint density at radius 3 is 2.81 bits per heavy atom. The second-order valence-corrected chi connectivity index (χ2v) is 5.34. The molecule has 21 heavy (non-hydrogen) atoms. The fourth-order valence-electron chi connectivity index (χ4n) is 2.56. The summed E-state index contributed by atoms with van der Waals surface area (Å²) in [6, 6.07) is 10.4.